The molecular weight excluding hydrogens is 580 g/mol. The number of allylic oxidation sites excluding steroid dienone is 2. The van der Waals surface area contributed by atoms with Crippen LogP contribution in [0.3, 0.4) is 0 Å². The Morgan fingerprint density at radius 1 is 0.660 bits per heavy atom. The second-order valence-electron chi connectivity index (χ2n) is 14.9. The molecule has 5 heteroatoms. The fraction of sp³-hybridized carbons (Fsp3) is 0.905. The molecule has 2 atom stereocenters. The number of amides is 1. The smallest absolute Gasteiger partial charge is 0.311 e. The van der Waals surface area contributed by atoms with Gasteiger partial charge in [0.25, 0.3) is 0 Å². The molecule has 1 fully saturated rings. The van der Waals surface area contributed by atoms with Crippen LogP contribution in [0.2, 0.25) is 0 Å². The second-order valence-corrected chi connectivity index (χ2v) is 14.9. The predicted molar refractivity (Wildman–Crippen MR) is 203 cm³/mol. The first-order valence-corrected chi connectivity index (χ1v) is 20.8. The Labute approximate surface area is 293 Å². The monoisotopic (exact) mass is 661 g/mol. The van der Waals surface area contributed by atoms with Gasteiger partial charge in [0, 0.05) is 25.6 Å². The van der Waals surface area contributed by atoms with Crippen molar-refractivity contribution in [3.8, 4) is 0 Å². The van der Waals surface area contributed by atoms with E-state index in [1.54, 1.807) is 0 Å². The number of carbonyl (C=O) groups is 2. The number of carbonyl (C=O) groups excluding carboxylic acids is 2. The van der Waals surface area contributed by atoms with E-state index in [0.29, 0.717) is 13.0 Å². The van der Waals surface area contributed by atoms with Crippen LogP contribution in [-0.4, -0.2) is 61.5 Å². The van der Waals surface area contributed by atoms with Crippen LogP contribution in [0.1, 0.15) is 200 Å². The Balaban J connectivity index is 2.32. The molecule has 5 nitrogen and oxygen atoms in total. The second kappa shape index (κ2) is 31.9. The minimum absolute atomic E-state index is 0.0232. The first-order valence-electron chi connectivity index (χ1n) is 20.8. The molecule has 1 aliphatic rings. The van der Waals surface area contributed by atoms with Crippen molar-refractivity contribution in [1.82, 2.24) is 9.80 Å². The third kappa shape index (κ3) is 24.4. The molecule has 0 aromatic carbocycles. The molecule has 1 amide bonds. The summed E-state index contributed by atoms with van der Waals surface area (Å²) in [7, 11) is 4.08. The molecule has 0 aliphatic carbocycles. The molecule has 0 unspecified atom stereocenters. The molecule has 1 aliphatic heterocycles. The lowest BCUT2D eigenvalue weighted by molar-refractivity contribution is -0.149. The highest BCUT2D eigenvalue weighted by molar-refractivity contribution is 5.87. The quantitative estimate of drug-likeness (QED) is 0.0391. The Kier molecular flexibility index (Phi) is 29.6. The summed E-state index contributed by atoms with van der Waals surface area (Å²) in [6, 6.07) is 0.0232. The largest absolute Gasteiger partial charge is 0.465 e. The third-order valence-corrected chi connectivity index (χ3v) is 10.1. The Bertz CT molecular complexity index is 752. The summed E-state index contributed by atoms with van der Waals surface area (Å²) in [5.74, 6) is -0.273. The fourth-order valence-electron chi connectivity index (χ4n) is 7.12. The van der Waals surface area contributed by atoms with Gasteiger partial charge in [-0.2, -0.15) is 0 Å². The van der Waals surface area contributed by atoms with E-state index in [9.17, 15) is 9.59 Å². The fourth-order valence-corrected chi connectivity index (χ4v) is 7.12. The van der Waals surface area contributed by atoms with Gasteiger partial charge in [-0.25, -0.2) is 0 Å². The third-order valence-electron chi connectivity index (χ3n) is 10.1. The van der Waals surface area contributed by atoms with Crippen LogP contribution in [0.25, 0.3) is 0 Å². The van der Waals surface area contributed by atoms with E-state index in [-0.39, 0.29) is 23.8 Å². The Morgan fingerprint density at radius 3 is 1.60 bits per heavy atom. The van der Waals surface area contributed by atoms with Crippen molar-refractivity contribution >= 4 is 11.9 Å². The molecule has 0 saturated carbocycles. The minimum atomic E-state index is -0.288. The van der Waals surface area contributed by atoms with Crippen molar-refractivity contribution in [3.05, 3.63) is 12.2 Å². The van der Waals surface area contributed by atoms with E-state index in [2.05, 4.69) is 35.8 Å². The molecule has 1 rings (SSSR count). The summed E-state index contributed by atoms with van der Waals surface area (Å²) >= 11 is 0. The van der Waals surface area contributed by atoms with Crippen LogP contribution in [0.5, 0.6) is 0 Å². The molecule has 1 saturated heterocycles. The van der Waals surface area contributed by atoms with Gasteiger partial charge in [0.15, 0.2) is 0 Å². The highest BCUT2D eigenvalue weighted by Gasteiger charge is 2.43. The number of hydrogen-bond donors (Lipinski definition) is 0. The van der Waals surface area contributed by atoms with Crippen molar-refractivity contribution in [2.24, 2.45) is 5.92 Å². The predicted octanol–water partition coefficient (Wildman–Crippen LogP) is 11.8. The number of likely N-dealkylation sites (tertiary alicyclic amines) is 1. The average molecular weight is 661 g/mol. The SMILES string of the molecule is CCCCCCCC/C=C\CCCCCCCCN1C(=O)C[C@H](C(=O)OCCCN(C)C)[C@H]1CCCCCCCCCCCCCC. The molecule has 0 spiro atoms. The van der Waals surface area contributed by atoms with Crippen molar-refractivity contribution < 1.29 is 14.3 Å². The molecular formula is C42H80N2O3. The lowest BCUT2D eigenvalue weighted by Crippen LogP contribution is -2.38. The molecule has 0 aromatic heterocycles. The van der Waals surface area contributed by atoms with Gasteiger partial charge in [-0.1, -0.05) is 161 Å². The maximum Gasteiger partial charge on any atom is 0.311 e. The summed E-state index contributed by atoms with van der Waals surface area (Å²) in [5.41, 5.74) is 0. The van der Waals surface area contributed by atoms with Gasteiger partial charge in [0.2, 0.25) is 5.91 Å². The van der Waals surface area contributed by atoms with Crippen LogP contribution >= 0.6 is 0 Å². The number of rotatable bonds is 34. The van der Waals surface area contributed by atoms with E-state index >= 15 is 0 Å². The number of unbranched alkanes of at least 4 members (excludes halogenated alkanes) is 23. The zero-order valence-corrected chi connectivity index (χ0v) is 32.1. The summed E-state index contributed by atoms with van der Waals surface area (Å²) in [4.78, 5) is 30.4. The number of esters is 1. The standard InChI is InChI=1S/C42H80N2O3/c1-5-7-9-11-13-15-17-19-20-21-22-24-26-28-30-32-36-44-40(34-31-29-27-25-23-18-16-14-12-10-8-6-2)39(38-41(44)45)42(46)47-37-33-35-43(3)4/h19-20,39-40H,5-18,21-38H2,1-4H3/b20-19-/t39-,40+/m0/s1. The first kappa shape index (κ1) is 43.7. The Morgan fingerprint density at radius 2 is 1.11 bits per heavy atom. The van der Waals surface area contributed by atoms with Gasteiger partial charge < -0.3 is 14.5 Å². The number of nitrogens with zero attached hydrogens (tertiary/aromatic N) is 2. The van der Waals surface area contributed by atoms with Gasteiger partial charge in [-0.15, -0.1) is 0 Å². The summed E-state index contributed by atoms with van der Waals surface area (Å²) in [5, 5.41) is 0. The molecule has 0 N–H and O–H groups in total. The van der Waals surface area contributed by atoms with E-state index in [1.165, 1.54) is 154 Å². The molecule has 276 valence electrons. The van der Waals surface area contributed by atoms with Crippen LogP contribution < -0.4 is 0 Å². The van der Waals surface area contributed by atoms with Gasteiger partial charge in [-0.05, 0) is 59.0 Å². The topological polar surface area (TPSA) is 49.9 Å². The first-order chi connectivity index (χ1) is 23.0. The van der Waals surface area contributed by atoms with Gasteiger partial charge in [-0.3, -0.25) is 9.59 Å². The van der Waals surface area contributed by atoms with Crippen molar-refractivity contribution in [3.63, 3.8) is 0 Å². The average Bonchev–Trinajstić information content (AvgIpc) is 3.37. The lowest BCUT2D eigenvalue weighted by Gasteiger charge is -2.28. The van der Waals surface area contributed by atoms with Crippen molar-refractivity contribution in [1.29, 1.82) is 0 Å². The molecule has 1 heterocycles. The Hall–Kier alpha value is -1.36. The molecule has 47 heavy (non-hydrogen) atoms. The highest BCUT2D eigenvalue weighted by Crippen LogP contribution is 2.31. The zero-order chi connectivity index (χ0) is 34.2. The van der Waals surface area contributed by atoms with E-state index in [0.717, 1.165) is 38.8 Å². The van der Waals surface area contributed by atoms with Crippen LogP contribution in [0.4, 0.5) is 0 Å². The molecule has 0 aromatic rings. The van der Waals surface area contributed by atoms with Gasteiger partial charge in [0.1, 0.15) is 0 Å². The minimum Gasteiger partial charge on any atom is -0.465 e. The number of ether oxygens (including phenoxy) is 1. The maximum absolute atomic E-state index is 13.1. The van der Waals surface area contributed by atoms with Gasteiger partial charge >= 0.3 is 5.97 Å². The van der Waals surface area contributed by atoms with Gasteiger partial charge in [0.05, 0.1) is 12.5 Å². The molecule has 0 radical (unpaired) electrons. The van der Waals surface area contributed by atoms with E-state index in [4.69, 9.17) is 4.74 Å². The van der Waals surface area contributed by atoms with Crippen molar-refractivity contribution in [2.45, 2.75) is 206 Å². The normalized spacial score (nSPS) is 16.7. The highest BCUT2D eigenvalue weighted by atomic mass is 16.5. The van der Waals surface area contributed by atoms with E-state index < -0.39 is 0 Å². The summed E-state index contributed by atoms with van der Waals surface area (Å²) < 4.78 is 5.70. The maximum atomic E-state index is 13.1. The van der Waals surface area contributed by atoms with Crippen LogP contribution in [-0.2, 0) is 14.3 Å². The zero-order valence-electron chi connectivity index (χ0n) is 32.1. The molecule has 0 bridgehead atoms. The summed E-state index contributed by atoms with van der Waals surface area (Å²) in [6.45, 7) is 6.71. The summed E-state index contributed by atoms with van der Waals surface area (Å²) in [6.07, 6.45) is 40.8. The van der Waals surface area contributed by atoms with Crippen LogP contribution in [0, 0.1) is 5.92 Å². The van der Waals surface area contributed by atoms with Crippen molar-refractivity contribution in [2.75, 3.05) is 33.8 Å². The lowest BCUT2D eigenvalue weighted by atomic mass is 9.94. The number of hydrogen-bond acceptors (Lipinski definition) is 4. The van der Waals surface area contributed by atoms with Crippen LogP contribution in [0.15, 0.2) is 12.2 Å². The van der Waals surface area contributed by atoms with E-state index in [1.807, 2.05) is 14.1 Å².